The molecule has 0 amide bonds. The van der Waals surface area contributed by atoms with Gasteiger partial charge in [0, 0.05) is 17.7 Å². The Morgan fingerprint density at radius 3 is 2.41 bits per heavy atom. The number of halogens is 2. The largest absolute Gasteiger partial charge is 0.463 e. The van der Waals surface area contributed by atoms with Gasteiger partial charge in [-0.25, -0.2) is 13.6 Å². The minimum absolute atomic E-state index is 0.325. The minimum Gasteiger partial charge on any atom is -0.463 e. The lowest BCUT2D eigenvalue weighted by atomic mass is 10.0. The third-order valence-electron chi connectivity index (χ3n) is 3.20. The number of benzene rings is 2. The third-order valence-corrected chi connectivity index (χ3v) is 3.20. The van der Waals surface area contributed by atoms with Crippen LogP contribution in [0.4, 0.5) is 8.78 Å². The summed E-state index contributed by atoms with van der Waals surface area (Å²) in [5.74, 6) is -1.61. The molecule has 0 bridgehead atoms. The second kappa shape index (κ2) is 6.98. The highest BCUT2D eigenvalue weighted by atomic mass is 19.1. The van der Waals surface area contributed by atoms with Gasteiger partial charge in [0.25, 0.3) is 0 Å². The van der Waals surface area contributed by atoms with Crippen molar-refractivity contribution in [2.75, 3.05) is 6.61 Å². The fraction of sp³-hybridized carbons (Fsp3) is 0.167. The van der Waals surface area contributed by atoms with Gasteiger partial charge in [-0.2, -0.15) is 0 Å². The van der Waals surface area contributed by atoms with Crippen LogP contribution in [0.1, 0.15) is 19.4 Å². The Balaban J connectivity index is 2.25. The molecule has 0 aromatic heterocycles. The van der Waals surface area contributed by atoms with Crippen LogP contribution >= 0.6 is 0 Å². The molecule has 4 heteroatoms. The summed E-state index contributed by atoms with van der Waals surface area (Å²) in [5.41, 5.74) is 2.56. The summed E-state index contributed by atoms with van der Waals surface area (Å²) >= 11 is 0. The molecule has 0 aliphatic carbocycles. The van der Waals surface area contributed by atoms with Crippen molar-refractivity contribution in [2.24, 2.45) is 0 Å². The zero-order chi connectivity index (χ0) is 16.1. The number of hydrogen-bond donors (Lipinski definition) is 0. The Hall–Kier alpha value is -2.49. The monoisotopic (exact) mass is 302 g/mol. The highest BCUT2D eigenvalue weighted by Crippen LogP contribution is 2.25. The molecular weight excluding hydrogens is 286 g/mol. The summed E-state index contributed by atoms with van der Waals surface area (Å²) in [6.45, 7) is 3.86. The van der Waals surface area contributed by atoms with Crippen molar-refractivity contribution in [3.8, 4) is 11.1 Å². The Labute approximate surface area is 128 Å². The van der Waals surface area contributed by atoms with Crippen LogP contribution < -0.4 is 0 Å². The van der Waals surface area contributed by atoms with Crippen LogP contribution in [0, 0.1) is 11.6 Å². The van der Waals surface area contributed by atoms with Crippen molar-refractivity contribution in [3.05, 3.63) is 65.7 Å². The standard InChI is InChI=1S/C18H16F2O2/c1-3-22-18(21)10-12(2)13-4-6-14(7-5-13)16-9-8-15(19)11-17(16)20/h4-11H,3H2,1-2H3/b12-10-. The fourth-order valence-corrected chi connectivity index (χ4v) is 2.08. The van der Waals surface area contributed by atoms with E-state index in [-0.39, 0.29) is 0 Å². The van der Waals surface area contributed by atoms with Gasteiger partial charge in [-0.15, -0.1) is 0 Å². The molecule has 22 heavy (non-hydrogen) atoms. The van der Waals surface area contributed by atoms with Crippen molar-refractivity contribution in [3.63, 3.8) is 0 Å². The molecule has 0 radical (unpaired) electrons. The van der Waals surface area contributed by atoms with Gasteiger partial charge in [0.2, 0.25) is 0 Å². The molecule has 0 aliphatic heterocycles. The molecule has 0 atom stereocenters. The first kappa shape index (κ1) is 15.9. The van der Waals surface area contributed by atoms with E-state index in [0.717, 1.165) is 17.2 Å². The second-order valence-corrected chi connectivity index (χ2v) is 4.78. The van der Waals surface area contributed by atoms with Gasteiger partial charge in [-0.05, 0) is 42.7 Å². The summed E-state index contributed by atoms with van der Waals surface area (Å²) < 4.78 is 31.5. The molecular formula is C18H16F2O2. The van der Waals surface area contributed by atoms with Crippen LogP contribution in [0.3, 0.4) is 0 Å². The molecule has 0 saturated heterocycles. The summed E-state index contributed by atoms with van der Waals surface area (Å²) in [6, 6.07) is 10.5. The number of hydrogen-bond acceptors (Lipinski definition) is 2. The lowest BCUT2D eigenvalue weighted by Gasteiger charge is -2.06. The van der Waals surface area contributed by atoms with Crippen LogP contribution in [-0.2, 0) is 9.53 Å². The number of rotatable bonds is 4. The average Bonchev–Trinajstić information content (AvgIpc) is 2.47. The van der Waals surface area contributed by atoms with Crippen LogP contribution in [0.15, 0.2) is 48.5 Å². The average molecular weight is 302 g/mol. The summed E-state index contributed by atoms with van der Waals surface area (Å²) in [5, 5.41) is 0. The molecule has 2 rings (SSSR count). The molecule has 0 saturated carbocycles. The van der Waals surface area contributed by atoms with Gasteiger partial charge in [0.15, 0.2) is 0 Å². The van der Waals surface area contributed by atoms with Crippen LogP contribution in [-0.4, -0.2) is 12.6 Å². The number of carbonyl (C=O) groups excluding carboxylic acids is 1. The lowest BCUT2D eigenvalue weighted by Crippen LogP contribution is -2.00. The first-order valence-electron chi connectivity index (χ1n) is 6.92. The van der Waals surface area contributed by atoms with Gasteiger partial charge in [-0.1, -0.05) is 24.3 Å². The number of carbonyl (C=O) groups is 1. The predicted octanol–water partition coefficient (Wildman–Crippen LogP) is 4.60. The van der Waals surface area contributed by atoms with Crippen molar-refractivity contribution in [2.45, 2.75) is 13.8 Å². The summed E-state index contributed by atoms with van der Waals surface area (Å²) in [4.78, 5) is 11.4. The molecule has 0 aliphatic rings. The molecule has 114 valence electrons. The summed E-state index contributed by atoms with van der Waals surface area (Å²) in [6.07, 6.45) is 1.41. The third kappa shape index (κ3) is 3.79. The van der Waals surface area contributed by atoms with E-state index in [1.165, 1.54) is 18.2 Å². The molecule has 2 aromatic rings. The zero-order valence-electron chi connectivity index (χ0n) is 12.4. The fourth-order valence-electron chi connectivity index (χ4n) is 2.08. The highest BCUT2D eigenvalue weighted by molar-refractivity contribution is 5.91. The Morgan fingerprint density at radius 1 is 1.14 bits per heavy atom. The molecule has 2 aromatic carbocycles. The van der Waals surface area contributed by atoms with E-state index in [1.54, 1.807) is 38.1 Å². The first-order valence-corrected chi connectivity index (χ1v) is 6.92. The van der Waals surface area contributed by atoms with E-state index in [2.05, 4.69) is 0 Å². The molecule has 0 spiro atoms. The van der Waals surface area contributed by atoms with Crippen molar-refractivity contribution < 1.29 is 18.3 Å². The van der Waals surface area contributed by atoms with Gasteiger partial charge < -0.3 is 4.74 Å². The topological polar surface area (TPSA) is 26.3 Å². The van der Waals surface area contributed by atoms with Gasteiger partial charge in [0.05, 0.1) is 6.61 Å². The normalized spacial score (nSPS) is 11.4. The quantitative estimate of drug-likeness (QED) is 0.609. The number of allylic oxidation sites excluding steroid dienone is 1. The molecule has 0 heterocycles. The van der Waals surface area contributed by atoms with E-state index in [0.29, 0.717) is 17.7 Å². The smallest absolute Gasteiger partial charge is 0.331 e. The molecule has 0 unspecified atom stereocenters. The van der Waals surface area contributed by atoms with Gasteiger partial charge in [-0.3, -0.25) is 0 Å². The Bertz CT molecular complexity index is 704. The van der Waals surface area contributed by atoms with E-state index in [9.17, 15) is 13.6 Å². The lowest BCUT2D eigenvalue weighted by molar-refractivity contribution is -0.137. The maximum absolute atomic E-state index is 13.7. The Kier molecular flexibility index (Phi) is 5.04. The summed E-state index contributed by atoms with van der Waals surface area (Å²) in [7, 11) is 0. The molecule has 2 nitrogen and oxygen atoms in total. The van der Waals surface area contributed by atoms with Crippen LogP contribution in [0.5, 0.6) is 0 Å². The van der Waals surface area contributed by atoms with Crippen molar-refractivity contribution in [1.29, 1.82) is 0 Å². The molecule has 0 N–H and O–H groups in total. The maximum Gasteiger partial charge on any atom is 0.331 e. The van der Waals surface area contributed by atoms with Gasteiger partial charge in [0.1, 0.15) is 11.6 Å². The van der Waals surface area contributed by atoms with E-state index >= 15 is 0 Å². The zero-order valence-corrected chi connectivity index (χ0v) is 12.4. The predicted molar refractivity (Wildman–Crippen MR) is 82.1 cm³/mol. The SMILES string of the molecule is CCOC(=O)/C=C(/C)c1ccc(-c2ccc(F)cc2F)cc1. The minimum atomic E-state index is -0.605. The number of esters is 1. The van der Waals surface area contributed by atoms with Crippen molar-refractivity contribution >= 4 is 11.5 Å². The second-order valence-electron chi connectivity index (χ2n) is 4.78. The maximum atomic E-state index is 13.7. The van der Waals surface area contributed by atoms with E-state index in [4.69, 9.17) is 4.74 Å². The van der Waals surface area contributed by atoms with E-state index < -0.39 is 17.6 Å². The van der Waals surface area contributed by atoms with Gasteiger partial charge >= 0.3 is 5.97 Å². The van der Waals surface area contributed by atoms with Crippen LogP contribution in [0.25, 0.3) is 16.7 Å². The highest BCUT2D eigenvalue weighted by Gasteiger charge is 2.07. The van der Waals surface area contributed by atoms with E-state index in [1.807, 2.05) is 0 Å². The molecule has 0 fully saturated rings. The number of ether oxygens (including phenoxy) is 1. The van der Waals surface area contributed by atoms with Crippen LogP contribution in [0.2, 0.25) is 0 Å². The van der Waals surface area contributed by atoms with Crippen molar-refractivity contribution in [1.82, 2.24) is 0 Å². The first-order chi connectivity index (χ1) is 10.5. The Morgan fingerprint density at radius 2 is 1.82 bits per heavy atom.